The van der Waals surface area contributed by atoms with Gasteiger partial charge >= 0.3 is 0 Å². The molecular formula is C20H22F2N2O2. The van der Waals surface area contributed by atoms with Crippen molar-refractivity contribution in [1.82, 2.24) is 10.2 Å². The maximum atomic E-state index is 13.6. The molecule has 2 aromatic carbocycles. The summed E-state index contributed by atoms with van der Waals surface area (Å²) in [6.45, 7) is 2.29. The van der Waals surface area contributed by atoms with Gasteiger partial charge in [0.25, 0.3) is 5.91 Å². The Morgan fingerprint density at radius 3 is 2.54 bits per heavy atom. The number of carbonyl (C=O) groups is 1. The van der Waals surface area contributed by atoms with Gasteiger partial charge in [0, 0.05) is 26.2 Å². The number of rotatable bonds is 5. The summed E-state index contributed by atoms with van der Waals surface area (Å²) in [6, 6.07) is 12.0. The standard InChI is InChI=1S/C20H22F2N2O2/c21-16-5-3-4-15(14-16)20(26)8-11-24(12-9-20)13-10-23-19(25)17-6-1-2-7-18(17)22/h1-7,14,26H,8-13H2,(H,23,25). The molecule has 2 N–H and O–H groups in total. The van der Waals surface area contributed by atoms with E-state index in [0.717, 1.165) is 0 Å². The molecule has 3 rings (SSSR count). The van der Waals surface area contributed by atoms with E-state index in [2.05, 4.69) is 10.2 Å². The summed E-state index contributed by atoms with van der Waals surface area (Å²) in [4.78, 5) is 14.1. The van der Waals surface area contributed by atoms with Crippen molar-refractivity contribution in [1.29, 1.82) is 0 Å². The Labute approximate surface area is 151 Å². The number of benzene rings is 2. The molecule has 0 aromatic heterocycles. The molecule has 0 radical (unpaired) electrons. The molecule has 1 saturated heterocycles. The van der Waals surface area contributed by atoms with Crippen LogP contribution in [0.15, 0.2) is 48.5 Å². The Balaban J connectivity index is 1.47. The van der Waals surface area contributed by atoms with E-state index in [1.807, 2.05) is 0 Å². The summed E-state index contributed by atoms with van der Waals surface area (Å²) in [6.07, 6.45) is 0.995. The molecule has 1 aliphatic heterocycles. The van der Waals surface area contributed by atoms with E-state index in [-0.39, 0.29) is 11.4 Å². The summed E-state index contributed by atoms with van der Waals surface area (Å²) in [5.74, 6) is -1.33. The Morgan fingerprint density at radius 2 is 1.85 bits per heavy atom. The number of nitrogens with one attached hydrogen (secondary N) is 1. The summed E-state index contributed by atoms with van der Waals surface area (Å²) in [7, 11) is 0. The van der Waals surface area contributed by atoms with E-state index in [1.165, 1.54) is 24.3 Å². The Morgan fingerprint density at radius 1 is 1.12 bits per heavy atom. The van der Waals surface area contributed by atoms with Crippen molar-refractivity contribution in [2.24, 2.45) is 0 Å². The molecule has 0 atom stereocenters. The van der Waals surface area contributed by atoms with E-state index >= 15 is 0 Å². The Kier molecular flexibility index (Phi) is 5.64. The molecule has 0 saturated carbocycles. The summed E-state index contributed by atoms with van der Waals surface area (Å²) in [5.41, 5.74) is -0.383. The van der Waals surface area contributed by atoms with E-state index in [1.54, 1.807) is 24.3 Å². The van der Waals surface area contributed by atoms with Crippen molar-refractivity contribution in [3.05, 3.63) is 71.3 Å². The van der Waals surface area contributed by atoms with Crippen LogP contribution in [0.2, 0.25) is 0 Å². The van der Waals surface area contributed by atoms with Gasteiger partial charge in [-0.3, -0.25) is 4.79 Å². The maximum absolute atomic E-state index is 13.6. The number of nitrogens with zero attached hydrogens (tertiary/aromatic N) is 1. The SMILES string of the molecule is O=C(NCCN1CCC(O)(c2cccc(F)c2)CC1)c1ccccc1F. The minimum absolute atomic E-state index is 0.0339. The Hall–Kier alpha value is -2.31. The molecule has 0 unspecified atom stereocenters. The highest BCUT2D eigenvalue weighted by molar-refractivity contribution is 5.94. The lowest BCUT2D eigenvalue weighted by Crippen LogP contribution is -2.45. The van der Waals surface area contributed by atoms with Crippen LogP contribution in [-0.2, 0) is 5.60 Å². The number of likely N-dealkylation sites (tertiary alicyclic amines) is 1. The van der Waals surface area contributed by atoms with Crippen molar-refractivity contribution in [3.63, 3.8) is 0 Å². The first-order valence-electron chi connectivity index (χ1n) is 8.71. The van der Waals surface area contributed by atoms with Crippen LogP contribution in [0.25, 0.3) is 0 Å². The van der Waals surface area contributed by atoms with Crippen LogP contribution >= 0.6 is 0 Å². The van der Waals surface area contributed by atoms with Gasteiger partial charge in [0.15, 0.2) is 0 Å². The zero-order valence-electron chi connectivity index (χ0n) is 14.4. The number of carbonyl (C=O) groups excluding carboxylic acids is 1. The van der Waals surface area contributed by atoms with Crippen molar-refractivity contribution >= 4 is 5.91 Å². The predicted octanol–water partition coefficient (Wildman–Crippen LogP) is 2.68. The molecule has 138 valence electrons. The van der Waals surface area contributed by atoms with E-state index in [4.69, 9.17) is 0 Å². The van der Waals surface area contributed by atoms with Gasteiger partial charge in [-0.1, -0.05) is 24.3 Å². The van der Waals surface area contributed by atoms with E-state index < -0.39 is 17.3 Å². The molecule has 1 heterocycles. The Bertz CT molecular complexity index is 774. The molecule has 1 fully saturated rings. The van der Waals surface area contributed by atoms with Gasteiger partial charge < -0.3 is 15.3 Å². The van der Waals surface area contributed by atoms with Crippen LogP contribution < -0.4 is 5.32 Å². The first kappa shape index (κ1) is 18.5. The molecule has 2 aromatic rings. The van der Waals surface area contributed by atoms with Crippen LogP contribution in [0, 0.1) is 11.6 Å². The number of aliphatic hydroxyl groups is 1. The quantitative estimate of drug-likeness (QED) is 0.862. The van der Waals surface area contributed by atoms with Crippen molar-refractivity contribution in [3.8, 4) is 0 Å². The van der Waals surface area contributed by atoms with Gasteiger partial charge in [0.2, 0.25) is 0 Å². The minimum atomic E-state index is -1.02. The van der Waals surface area contributed by atoms with Crippen molar-refractivity contribution in [2.75, 3.05) is 26.2 Å². The topological polar surface area (TPSA) is 52.6 Å². The van der Waals surface area contributed by atoms with Gasteiger partial charge in [0.1, 0.15) is 11.6 Å². The lowest BCUT2D eigenvalue weighted by atomic mass is 9.84. The van der Waals surface area contributed by atoms with Gasteiger partial charge in [0.05, 0.1) is 11.2 Å². The number of piperidine rings is 1. The van der Waals surface area contributed by atoms with Gasteiger partial charge in [-0.25, -0.2) is 8.78 Å². The van der Waals surface area contributed by atoms with Crippen LogP contribution in [0.5, 0.6) is 0 Å². The molecule has 1 amide bonds. The average Bonchev–Trinajstić information content (AvgIpc) is 2.64. The molecule has 4 nitrogen and oxygen atoms in total. The lowest BCUT2D eigenvalue weighted by Gasteiger charge is -2.38. The highest BCUT2D eigenvalue weighted by Crippen LogP contribution is 2.32. The third-order valence-electron chi connectivity index (χ3n) is 4.88. The van der Waals surface area contributed by atoms with Gasteiger partial charge in [-0.15, -0.1) is 0 Å². The molecule has 0 bridgehead atoms. The van der Waals surface area contributed by atoms with E-state index in [9.17, 15) is 18.7 Å². The molecule has 0 spiro atoms. The van der Waals surface area contributed by atoms with Crippen LogP contribution in [-0.4, -0.2) is 42.1 Å². The molecular weight excluding hydrogens is 338 g/mol. The second kappa shape index (κ2) is 7.93. The zero-order valence-corrected chi connectivity index (χ0v) is 14.4. The van der Waals surface area contributed by atoms with Crippen LogP contribution in [0.3, 0.4) is 0 Å². The van der Waals surface area contributed by atoms with Crippen molar-refractivity contribution in [2.45, 2.75) is 18.4 Å². The van der Waals surface area contributed by atoms with Crippen LogP contribution in [0.4, 0.5) is 8.78 Å². The first-order valence-corrected chi connectivity index (χ1v) is 8.71. The maximum Gasteiger partial charge on any atom is 0.254 e. The number of hydrogen-bond donors (Lipinski definition) is 2. The molecule has 6 heteroatoms. The highest BCUT2D eigenvalue weighted by Gasteiger charge is 2.34. The van der Waals surface area contributed by atoms with E-state index in [0.29, 0.717) is 44.6 Å². The molecule has 1 aliphatic rings. The fourth-order valence-corrected chi connectivity index (χ4v) is 3.28. The van der Waals surface area contributed by atoms with Gasteiger partial charge in [-0.2, -0.15) is 0 Å². The highest BCUT2D eigenvalue weighted by atomic mass is 19.1. The number of amides is 1. The zero-order chi connectivity index (χ0) is 18.6. The molecule has 26 heavy (non-hydrogen) atoms. The third-order valence-corrected chi connectivity index (χ3v) is 4.88. The monoisotopic (exact) mass is 360 g/mol. The summed E-state index contributed by atoms with van der Waals surface area (Å²) in [5, 5.41) is 13.5. The first-order chi connectivity index (χ1) is 12.5. The summed E-state index contributed by atoms with van der Waals surface area (Å²) >= 11 is 0. The number of halogens is 2. The second-order valence-corrected chi connectivity index (χ2v) is 6.62. The normalized spacial score (nSPS) is 17.0. The third kappa shape index (κ3) is 4.26. The number of hydrogen-bond acceptors (Lipinski definition) is 3. The van der Waals surface area contributed by atoms with Crippen molar-refractivity contribution < 1.29 is 18.7 Å². The smallest absolute Gasteiger partial charge is 0.254 e. The molecule has 0 aliphatic carbocycles. The van der Waals surface area contributed by atoms with Crippen LogP contribution in [0.1, 0.15) is 28.8 Å². The largest absolute Gasteiger partial charge is 0.385 e. The fraction of sp³-hybridized carbons (Fsp3) is 0.350. The fourth-order valence-electron chi connectivity index (χ4n) is 3.28. The van der Waals surface area contributed by atoms with Gasteiger partial charge in [-0.05, 0) is 42.7 Å². The lowest BCUT2D eigenvalue weighted by molar-refractivity contribution is -0.0257. The summed E-state index contributed by atoms with van der Waals surface area (Å²) < 4.78 is 27.0. The predicted molar refractivity (Wildman–Crippen MR) is 94.7 cm³/mol. The minimum Gasteiger partial charge on any atom is -0.385 e. The second-order valence-electron chi connectivity index (χ2n) is 6.62. The average molecular weight is 360 g/mol.